The van der Waals surface area contributed by atoms with Crippen molar-refractivity contribution in [2.45, 2.75) is 91.9 Å². The fourth-order valence-electron chi connectivity index (χ4n) is 4.02. The summed E-state index contributed by atoms with van der Waals surface area (Å²) in [6.07, 6.45) is 1.97. The molecule has 4 N–H and O–H groups in total. The minimum Gasteiger partial charge on any atom is -0.344 e. The Balaban J connectivity index is 0.00000480. The predicted molar refractivity (Wildman–Crippen MR) is 138 cm³/mol. The van der Waals surface area contributed by atoms with Crippen LogP contribution in [0.2, 0.25) is 0 Å². The molecule has 2 aromatic rings. The molecule has 2 heteroatoms. The summed E-state index contributed by atoms with van der Waals surface area (Å²) in [5.74, 6) is 1.03. The number of hydrogen-bond acceptors (Lipinski definition) is 2. The van der Waals surface area contributed by atoms with Crippen LogP contribution in [-0.2, 0) is 10.8 Å². The molecule has 0 aliphatic heterocycles. The van der Waals surface area contributed by atoms with Crippen LogP contribution in [0.1, 0.15) is 103 Å². The Kier molecular flexibility index (Phi) is 9.26. The van der Waals surface area contributed by atoms with Crippen molar-refractivity contribution in [3.63, 3.8) is 0 Å². The number of hydrogen-bond donors (Lipinski definition) is 2. The van der Waals surface area contributed by atoms with Crippen molar-refractivity contribution in [1.29, 1.82) is 5.41 Å². The van der Waals surface area contributed by atoms with Crippen molar-refractivity contribution >= 4 is 5.71 Å². The van der Waals surface area contributed by atoms with Gasteiger partial charge in [-0.3, -0.25) is 0 Å². The van der Waals surface area contributed by atoms with Crippen molar-refractivity contribution in [3.8, 4) is 0 Å². The summed E-state index contributed by atoms with van der Waals surface area (Å²) in [4.78, 5) is 0. The first-order valence-electron chi connectivity index (χ1n) is 11.6. The Labute approximate surface area is 192 Å². The van der Waals surface area contributed by atoms with Crippen molar-refractivity contribution in [1.82, 2.24) is 6.15 Å². The summed E-state index contributed by atoms with van der Waals surface area (Å²) in [5, 5.41) is 8.80. The van der Waals surface area contributed by atoms with E-state index in [-0.39, 0.29) is 28.8 Å². The monoisotopic (exact) mass is 422 g/mol. The molecular formula is C29H46N2. The zero-order chi connectivity index (χ0) is 22.7. The molecule has 1 atom stereocenters. The molecule has 2 rings (SSSR count). The Hall–Kier alpha value is -1.93. The van der Waals surface area contributed by atoms with Gasteiger partial charge >= 0.3 is 0 Å². The van der Waals surface area contributed by atoms with Crippen LogP contribution in [0.25, 0.3) is 0 Å². The molecule has 2 aromatic carbocycles. The van der Waals surface area contributed by atoms with Gasteiger partial charge in [-0.1, -0.05) is 111 Å². The highest BCUT2D eigenvalue weighted by Gasteiger charge is 2.26. The van der Waals surface area contributed by atoms with Crippen LogP contribution in [0, 0.1) is 17.2 Å². The SMILES string of the molecule is CC(C)CCC(=N)C(C)C(c1ccc(C(C)(C)C)cc1)c1ccc(C(C)(C)C)cc1.N. The first kappa shape index (κ1) is 27.1. The first-order valence-corrected chi connectivity index (χ1v) is 11.6. The van der Waals surface area contributed by atoms with Gasteiger partial charge in [0.05, 0.1) is 0 Å². The standard InChI is InChI=1S/C29H43N.H3N/c1-20(2)10-19-26(30)21(3)27(22-11-15-24(16-12-22)28(4,5)6)23-13-17-25(18-14-23)29(7,8)9;/h11-18,20-21,27,30H,10,19H2,1-9H3;1H3. The smallest absolute Gasteiger partial charge is 0.0167 e. The van der Waals surface area contributed by atoms with Crippen LogP contribution < -0.4 is 6.15 Å². The molecule has 172 valence electrons. The fourth-order valence-corrected chi connectivity index (χ4v) is 4.02. The summed E-state index contributed by atoms with van der Waals surface area (Å²) >= 11 is 0. The molecule has 0 saturated heterocycles. The molecule has 0 spiro atoms. The Morgan fingerprint density at radius 1 is 0.710 bits per heavy atom. The van der Waals surface area contributed by atoms with E-state index in [0.29, 0.717) is 5.92 Å². The van der Waals surface area contributed by atoms with E-state index in [4.69, 9.17) is 5.41 Å². The van der Waals surface area contributed by atoms with Crippen molar-refractivity contribution in [2.75, 3.05) is 0 Å². The molecule has 0 aromatic heterocycles. The van der Waals surface area contributed by atoms with Crippen LogP contribution in [0.4, 0.5) is 0 Å². The lowest BCUT2D eigenvalue weighted by atomic mass is 9.76. The van der Waals surface area contributed by atoms with Crippen LogP contribution >= 0.6 is 0 Å². The molecule has 0 aliphatic rings. The molecule has 0 fully saturated rings. The van der Waals surface area contributed by atoms with E-state index in [1.165, 1.54) is 22.3 Å². The quantitative estimate of drug-likeness (QED) is 0.431. The van der Waals surface area contributed by atoms with E-state index in [0.717, 1.165) is 18.6 Å². The van der Waals surface area contributed by atoms with E-state index in [1.54, 1.807) is 0 Å². The molecule has 31 heavy (non-hydrogen) atoms. The lowest BCUT2D eigenvalue weighted by molar-refractivity contribution is 0.573. The zero-order valence-electron chi connectivity index (χ0n) is 21.5. The van der Waals surface area contributed by atoms with Crippen LogP contribution in [0.5, 0.6) is 0 Å². The summed E-state index contributed by atoms with van der Waals surface area (Å²) in [7, 11) is 0. The number of rotatable bonds is 7. The van der Waals surface area contributed by atoms with E-state index in [9.17, 15) is 0 Å². The highest BCUT2D eigenvalue weighted by Crippen LogP contribution is 2.36. The molecular weight excluding hydrogens is 376 g/mol. The van der Waals surface area contributed by atoms with Gasteiger partial charge < -0.3 is 11.6 Å². The average molecular weight is 423 g/mol. The van der Waals surface area contributed by atoms with E-state index in [2.05, 4.69) is 111 Å². The van der Waals surface area contributed by atoms with E-state index in [1.807, 2.05) is 0 Å². The van der Waals surface area contributed by atoms with E-state index < -0.39 is 0 Å². The van der Waals surface area contributed by atoms with Crippen LogP contribution in [0.3, 0.4) is 0 Å². The lowest BCUT2D eigenvalue weighted by Crippen LogP contribution is -2.21. The summed E-state index contributed by atoms with van der Waals surface area (Å²) in [5.41, 5.74) is 6.51. The molecule has 0 aliphatic carbocycles. The second-order valence-corrected chi connectivity index (χ2v) is 11.5. The molecule has 2 nitrogen and oxygen atoms in total. The maximum atomic E-state index is 8.80. The third kappa shape index (κ3) is 7.31. The van der Waals surface area contributed by atoms with Crippen molar-refractivity contribution in [3.05, 3.63) is 70.8 Å². The van der Waals surface area contributed by atoms with Crippen LogP contribution in [-0.4, -0.2) is 5.71 Å². The lowest BCUT2D eigenvalue weighted by Gasteiger charge is -2.28. The third-order valence-corrected chi connectivity index (χ3v) is 6.31. The number of benzene rings is 2. The molecule has 1 unspecified atom stereocenters. The average Bonchev–Trinajstić information content (AvgIpc) is 2.65. The summed E-state index contributed by atoms with van der Waals surface area (Å²) in [6, 6.07) is 18.2. The van der Waals surface area contributed by atoms with Gasteiger partial charge in [0.2, 0.25) is 0 Å². The minimum absolute atomic E-state index is 0. The summed E-state index contributed by atoms with van der Waals surface area (Å²) < 4.78 is 0. The molecule has 0 amide bonds. The topological polar surface area (TPSA) is 58.9 Å². The summed E-state index contributed by atoms with van der Waals surface area (Å²) in [6.45, 7) is 20.3. The Morgan fingerprint density at radius 3 is 1.35 bits per heavy atom. The van der Waals surface area contributed by atoms with Gasteiger partial charge in [0, 0.05) is 17.5 Å². The van der Waals surface area contributed by atoms with Gasteiger partial charge in [-0.05, 0) is 51.8 Å². The Bertz CT molecular complexity index is 758. The molecule has 0 heterocycles. The third-order valence-electron chi connectivity index (χ3n) is 6.31. The first-order chi connectivity index (χ1) is 13.8. The maximum absolute atomic E-state index is 8.80. The largest absolute Gasteiger partial charge is 0.344 e. The highest BCUT2D eigenvalue weighted by atomic mass is 14.5. The molecule has 0 bridgehead atoms. The van der Waals surface area contributed by atoms with Gasteiger partial charge in [0.15, 0.2) is 0 Å². The minimum atomic E-state index is 0. The second-order valence-electron chi connectivity index (χ2n) is 11.5. The fraction of sp³-hybridized carbons (Fsp3) is 0.552. The van der Waals surface area contributed by atoms with Crippen LogP contribution in [0.15, 0.2) is 48.5 Å². The Morgan fingerprint density at radius 2 is 1.06 bits per heavy atom. The van der Waals surface area contributed by atoms with Gasteiger partial charge in [-0.25, -0.2) is 0 Å². The maximum Gasteiger partial charge on any atom is 0.0167 e. The van der Waals surface area contributed by atoms with Gasteiger partial charge in [0.1, 0.15) is 0 Å². The highest BCUT2D eigenvalue weighted by molar-refractivity contribution is 5.85. The van der Waals surface area contributed by atoms with E-state index >= 15 is 0 Å². The zero-order valence-corrected chi connectivity index (χ0v) is 21.5. The van der Waals surface area contributed by atoms with Gasteiger partial charge in [-0.15, -0.1) is 0 Å². The second kappa shape index (κ2) is 10.6. The van der Waals surface area contributed by atoms with Crippen molar-refractivity contribution in [2.24, 2.45) is 11.8 Å². The predicted octanol–water partition coefficient (Wildman–Crippen LogP) is 8.67. The molecule has 0 radical (unpaired) electrons. The van der Waals surface area contributed by atoms with Crippen molar-refractivity contribution < 1.29 is 0 Å². The normalized spacial score (nSPS) is 13.3. The van der Waals surface area contributed by atoms with Gasteiger partial charge in [0.25, 0.3) is 0 Å². The number of nitrogens with one attached hydrogen (secondary N) is 1. The molecule has 0 saturated carbocycles. The van der Waals surface area contributed by atoms with Gasteiger partial charge in [-0.2, -0.15) is 0 Å².